The van der Waals surface area contributed by atoms with Gasteiger partial charge in [-0.3, -0.25) is 14.6 Å². The van der Waals surface area contributed by atoms with Crippen LogP contribution in [0.15, 0.2) is 66.9 Å². The number of aromatic nitrogens is 2. The number of hydrogen-bond donors (Lipinski definition) is 1. The van der Waals surface area contributed by atoms with E-state index in [9.17, 15) is 14.0 Å². The summed E-state index contributed by atoms with van der Waals surface area (Å²) in [6.07, 6.45) is 1.63. The molecule has 4 aromatic rings. The minimum atomic E-state index is -0.684. The smallest absolute Gasteiger partial charge is 0.255 e. The van der Waals surface area contributed by atoms with Crippen LogP contribution in [0.5, 0.6) is 0 Å². The number of fused-ring (bicyclic) bond motifs is 1. The van der Waals surface area contributed by atoms with Gasteiger partial charge in [0.1, 0.15) is 5.82 Å². The summed E-state index contributed by atoms with van der Waals surface area (Å²) in [5.41, 5.74) is 2.67. The molecular formula is C23H15ClFN3O2. The number of nitrogens with one attached hydrogen (secondary N) is 1. The molecule has 4 rings (SSSR count). The first-order chi connectivity index (χ1) is 14.4. The van der Waals surface area contributed by atoms with Crippen molar-refractivity contribution in [1.29, 1.82) is 0 Å². The van der Waals surface area contributed by atoms with Crippen molar-refractivity contribution in [3.8, 4) is 0 Å². The predicted molar refractivity (Wildman–Crippen MR) is 114 cm³/mol. The van der Waals surface area contributed by atoms with Gasteiger partial charge in [0, 0.05) is 28.0 Å². The van der Waals surface area contributed by atoms with Gasteiger partial charge in [0.25, 0.3) is 5.91 Å². The van der Waals surface area contributed by atoms with E-state index in [1.807, 2.05) is 0 Å². The molecule has 0 bridgehead atoms. The van der Waals surface area contributed by atoms with Gasteiger partial charge in [-0.1, -0.05) is 17.7 Å². The van der Waals surface area contributed by atoms with Crippen molar-refractivity contribution in [1.82, 2.24) is 9.97 Å². The fraction of sp³-hybridized carbons (Fsp3) is 0.0435. The largest absolute Gasteiger partial charge is 0.322 e. The Balaban J connectivity index is 1.64. The molecule has 1 N–H and O–H groups in total. The lowest BCUT2D eigenvalue weighted by molar-refractivity contribution is 0.102. The van der Waals surface area contributed by atoms with E-state index >= 15 is 0 Å². The van der Waals surface area contributed by atoms with E-state index in [0.29, 0.717) is 33.0 Å². The third-order valence-electron chi connectivity index (χ3n) is 4.48. The topological polar surface area (TPSA) is 72.0 Å². The van der Waals surface area contributed by atoms with Crippen molar-refractivity contribution >= 4 is 40.0 Å². The van der Waals surface area contributed by atoms with Crippen LogP contribution in [0.3, 0.4) is 0 Å². The van der Waals surface area contributed by atoms with Gasteiger partial charge in [0.15, 0.2) is 5.78 Å². The molecule has 0 aliphatic heterocycles. The molecule has 0 aliphatic rings. The quantitative estimate of drug-likeness (QED) is 0.461. The number of amides is 1. The summed E-state index contributed by atoms with van der Waals surface area (Å²) in [5.74, 6) is -1.62. The summed E-state index contributed by atoms with van der Waals surface area (Å²) in [6.45, 7) is 1.80. The number of carbonyl (C=O) groups excluding carboxylic acids is 2. The lowest BCUT2D eigenvalue weighted by Gasteiger charge is -2.09. The van der Waals surface area contributed by atoms with Crippen molar-refractivity contribution in [2.75, 3.05) is 5.32 Å². The summed E-state index contributed by atoms with van der Waals surface area (Å²) in [5, 5.41) is 3.08. The summed E-state index contributed by atoms with van der Waals surface area (Å²) in [4.78, 5) is 34.0. The second kappa shape index (κ2) is 8.00. The van der Waals surface area contributed by atoms with Crippen LogP contribution in [0, 0.1) is 12.7 Å². The number of halogens is 2. The van der Waals surface area contributed by atoms with E-state index in [2.05, 4.69) is 15.3 Å². The SMILES string of the molecule is Cc1cnc2ccc(C(=O)c3cc(NC(=O)c4cccc(Cl)c4)ccc3F)cc2n1. The number of ketones is 1. The summed E-state index contributed by atoms with van der Waals surface area (Å²) >= 11 is 5.91. The van der Waals surface area contributed by atoms with Gasteiger partial charge in [-0.05, 0) is 61.5 Å². The molecular weight excluding hydrogens is 405 g/mol. The molecule has 0 aliphatic carbocycles. The van der Waals surface area contributed by atoms with Crippen LogP contribution in [0.4, 0.5) is 10.1 Å². The molecule has 0 unspecified atom stereocenters. The molecule has 0 spiro atoms. The lowest BCUT2D eigenvalue weighted by Crippen LogP contribution is -2.13. The fourth-order valence-corrected chi connectivity index (χ4v) is 3.20. The molecule has 0 fully saturated rings. The van der Waals surface area contributed by atoms with E-state index < -0.39 is 17.5 Å². The molecule has 7 heteroatoms. The first-order valence-electron chi connectivity index (χ1n) is 9.05. The number of nitrogens with zero attached hydrogens (tertiary/aromatic N) is 2. The third-order valence-corrected chi connectivity index (χ3v) is 4.72. The average molecular weight is 420 g/mol. The van der Waals surface area contributed by atoms with Crippen molar-refractivity contribution in [2.45, 2.75) is 6.92 Å². The summed E-state index contributed by atoms with van der Waals surface area (Å²) < 4.78 is 14.4. The van der Waals surface area contributed by atoms with Gasteiger partial charge in [-0.2, -0.15) is 0 Å². The van der Waals surface area contributed by atoms with Crippen molar-refractivity contribution in [3.63, 3.8) is 0 Å². The van der Waals surface area contributed by atoms with Crippen LogP contribution in [-0.2, 0) is 0 Å². The predicted octanol–water partition coefficient (Wildman–Crippen LogP) is 5.21. The molecule has 148 valence electrons. The molecule has 0 saturated carbocycles. The number of aryl methyl sites for hydroxylation is 1. The van der Waals surface area contributed by atoms with Gasteiger partial charge in [-0.25, -0.2) is 9.37 Å². The van der Waals surface area contributed by atoms with Gasteiger partial charge < -0.3 is 5.32 Å². The second-order valence-electron chi connectivity index (χ2n) is 6.70. The Hall–Kier alpha value is -3.64. The maximum absolute atomic E-state index is 14.4. The van der Waals surface area contributed by atoms with Crippen molar-refractivity contribution in [3.05, 3.63) is 100 Å². The Bertz CT molecular complexity index is 1310. The maximum Gasteiger partial charge on any atom is 0.255 e. The number of rotatable bonds is 4. The van der Waals surface area contributed by atoms with Gasteiger partial charge in [0.05, 0.1) is 22.3 Å². The molecule has 1 amide bonds. The van der Waals surface area contributed by atoms with E-state index in [4.69, 9.17) is 11.6 Å². The van der Waals surface area contributed by atoms with Crippen LogP contribution in [0.2, 0.25) is 5.02 Å². The first-order valence-corrected chi connectivity index (χ1v) is 9.43. The third kappa shape index (κ3) is 4.04. The fourth-order valence-electron chi connectivity index (χ4n) is 3.01. The monoisotopic (exact) mass is 419 g/mol. The first kappa shape index (κ1) is 19.7. The van der Waals surface area contributed by atoms with E-state index in [1.54, 1.807) is 49.5 Å². The maximum atomic E-state index is 14.4. The highest BCUT2D eigenvalue weighted by Gasteiger charge is 2.17. The molecule has 1 heterocycles. The molecule has 0 atom stereocenters. The summed E-state index contributed by atoms with van der Waals surface area (Å²) in [7, 11) is 0. The van der Waals surface area contributed by atoms with Gasteiger partial charge in [0.2, 0.25) is 0 Å². The van der Waals surface area contributed by atoms with Crippen LogP contribution in [0.1, 0.15) is 32.0 Å². The van der Waals surface area contributed by atoms with Crippen LogP contribution in [-0.4, -0.2) is 21.7 Å². The Morgan fingerprint density at radius 3 is 2.60 bits per heavy atom. The van der Waals surface area contributed by atoms with Gasteiger partial charge in [-0.15, -0.1) is 0 Å². The Morgan fingerprint density at radius 1 is 0.967 bits per heavy atom. The minimum absolute atomic E-state index is 0.154. The Morgan fingerprint density at radius 2 is 1.80 bits per heavy atom. The lowest BCUT2D eigenvalue weighted by atomic mass is 10.0. The number of benzene rings is 3. The summed E-state index contributed by atoms with van der Waals surface area (Å²) in [6, 6.07) is 15.1. The van der Waals surface area contributed by atoms with Gasteiger partial charge >= 0.3 is 0 Å². The van der Waals surface area contributed by atoms with Crippen molar-refractivity contribution in [2.24, 2.45) is 0 Å². The second-order valence-corrected chi connectivity index (χ2v) is 7.14. The Kier molecular flexibility index (Phi) is 5.25. The zero-order chi connectivity index (χ0) is 21.3. The Labute approximate surface area is 176 Å². The molecule has 1 aromatic heterocycles. The molecule has 0 radical (unpaired) electrons. The normalized spacial score (nSPS) is 10.8. The minimum Gasteiger partial charge on any atom is -0.322 e. The number of hydrogen-bond acceptors (Lipinski definition) is 4. The van der Waals surface area contributed by atoms with Crippen LogP contribution >= 0.6 is 11.6 Å². The average Bonchev–Trinajstić information content (AvgIpc) is 2.74. The van der Waals surface area contributed by atoms with E-state index in [1.165, 1.54) is 18.2 Å². The zero-order valence-electron chi connectivity index (χ0n) is 15.8. The molecule has 0 saturated heterocycles. The standard InChI is InChI=1S/C23H15ClFN3O2/c1-13-12-26-20-8-5-14(10-21(20)27-13)22(29)18-11-17(6-7-19(18)25)28-23(30)15-3-2-4-16(24)9-15/h2-12H,1H3,(H,28,30). The molecule has 30 heavy (non-hydrogen) atoms. The van der Waals surface area contributed by atoms with E-state index in [-0.39, 0.29) is 11.1 Å². The van der Waals surface area contributed by atoms with Crippen LogP contribution in [0.25, 0.3) is 11.0 Å². The molecule has 3 aromatic carbocycles. The highest BCUT2D eigenvalue weighted by atomic mass is 35.5. The van der Waals surface area contributed by atoms with E-state index in [0.717, 1.165) is 6.07 Å². The zero-order valence-corrected chi connectivity index (χ0v) is 16.6. The molecule has 5 nitrogen and oxygen atoms in total. The highest BCUT2D eigenvalue weighted by Crippen LogP contribution is 2.21. The van der Waals surface area contributed by atoms with Crippen LogP contribution < -0.4 is 5.32 Å². The number of anilines is 1. The van der Waals surface area contributed by atoms with Crippen molar-refractivity contribution < 1.29 is 14.0 Å². The highest BCUT2D eigenvalue weighted by molar-refractivity contribution is 6.31. The number of carbonyl (C=O) groups is 2.